The van der Waals surface area contributed by atoms with Crippen molar-refractivity contribution in [2.24, 2.45) is 0 Å². The Labute approximate surface area is 159 Å². The van der Waals surface area contributed by atoms with E-state index in [4.69, 9.17) is 16.3 Å². The fourth-order valence-corrected chi connectivity index (χ4v) is 3.08. The number of hydrogen-bond acceptors (Lipinski definition) is 4. The number of H-pyrrole nitrogens is 2. The molecule has 4 aromatic rings. The van der Waals surface area contributed by atoms with Gasteiger partial charge in [0.15, 0.2) is 5.82 Å². The molecule has 1 aromatic carbocycles. The normalized spacial score (nSPS) is 10.9. The number of ether oxygens (including phenoxy) is 1. The molecule has 7 nitrogen and oxygen atoms in total. The minimum Gasteiger partial charge on any atom is -0.496 e. The van der Waals surface area contributed by atoms with Gasteiger partial charge >= 0.3 is 0 Å². The highest BCUT2D eigenvalue weighted by Gasteiger charge is 2.20. The summed E-state index contributed by atoms with van der Waals surface area (Å²) in [5, 5.41) is 8.30. The van der Waals surface area contributed by atoms with Crippen molar-refractivity contribution in [3.63, 3.8) is 0 Å². The lowest BCUT2D eigenvalue weighted by atomic mass is 10.1. The summed E-state index contributed by atoms with van der Waals surface area (Å²) in [6.07, 6.45) is 1.63. The van der Waals surface area contributed by atoms with Gasteiger partial charge in [0.1, 0.15) is 16.5 Å². The van der Waals surface area contributed by atoms with E-state index in [1.165, 1.54) is 4.90 Å². The van der Waals surface area contributed by atoms with E-state index in [2.05, 4.69) is 20.2 Å². The summed E-state index contributed by atoms with van der Waals surface area (Å²) in [4.78, 5) is 21.6. The van der Waals surface area contributed by atoms with Crippen molar-refractivity contribution in [1.82, 2.24) is 20.2 Å². The number of pyridine rings is 1. The molecule has 0 radical (unpaired) electrons. The molecule has 27 heavy (non-hydrogen) atoms. The van der Waals surface area contributed by atoms with Crippen LogP contribution in [0, 0.1) is 0 Å². The number of amides is 1. The topological polar surface area (TPSA) is 86.9 Å². The minimum absolute atomic E-state index is 0.205. The maximum atomic E-state index is 12.9. The van der Waals surface area contributed by atoms with E-state index in [-0.39, 0.29) is 5.91 Å². The van der Waals surface area contributed by atoms with Crippen LogP contribution in [0.5, 0.6) is 5.75 Å². The number of carbonyl (C=O) groups is 1. The number of halogens is 1. The van der Waals surface area contributed by atoms with Gasteiger partial charge in [0, 0.05) is 30.3 Å². The van der Waals surface area contributed by atoms with Crippen molar-refractivity contribution in [3.8, 4) is 17.0 Å². The zero-order valence-electron chi connectivity index (χ0n) is 14.7. The van der Waals surface area contributed by atoms with Crippen LogP contribution in [0.3, 0.4) is 0 Å². The first-order valence-electron chi connectivity index (χ1n) is 8.19. The fraction of sp³-hybridized carbons (Fsp3) is 0.105. The van der Waals surface area contributed by atoms with Gasteiger partial charge in [0.2, 0.25) is 0 Å². The quantitative estimate of drug-likeness (QED) is 0.525. The van der Waals surface area contributed by atoms with E-state index in [0.29, 0.717) is 27.6 Å². The van der Waals surface area contributed by atoms with Gasteiger partial charge in [-0.05, 0) is 24.3 Å². The van der Waals surface area contributed by atoms with Crippen molar-refractivity contribution >= 4 is 34.4 Å². The summed E-state index contributed by atoms with van der Waals surface area (Å²) < 4.78 is 5.38. The number of benzene rings is 1. The van der Waals surface area contributed by atoms with E-state index in [9.17, 15) is 4.79 Å². The molecular weight excluding hydrogens is 366 g/mol. The predicted molar refractivity (Wildman–Crippen MR) is 104 cm³/mol. The van der Waals surface area contributed by atoms with Crippen LogP contribution in [0.25, 0.3) is 22.3 Å². The highest BCUT2D eigenvalue weighted by atomic mass is 35.5. The summed E-state index contributed by atoms with van der Waals surface area (Å²) >= 11 is 5.90. The molecule has 136 valence electrons. The van der Waals surface area contributed by atoms with Crippen molar-refractivity contribution in [3.05, 3.63) is 59.4 Å². The SMILES string of the molecule is COc1ccccc1-c1cc(N(C)C(=O)c2c[nH]c3nc(Cl)ccc23)n[nH]1. The zero-order chi connectivity index (χ0) is 19.0. The van der Waals surface area contributed by atoms with Crippen LogP contribution in [0.4, 0.5) is 5.82 Å². The number of rotatable bonds is 4. The second-order valence-electron chi connectivity index (χ2n) is 5.94. The fourth-order valence-electron chi connectivity index (χ4n) is 2.93. The number of anilines is 1. The molecule has 0 aliphatic heterocycles. The number of nitrogens with one attached hydrogen (secondary N) is 2. The van der Waals surface area contributed by atoms with Gasteiger partial charge in [-0.15, -0.1) is 0 Å². The Balaban J connectivity index is 1.66. The first kappa shape index (κ1) is 17.1. The average molecular weight is 382 g/mol. The number of para-hydroxylation sites is 1. The molecule has 4 rings (SSSR count). The Kier molecular flexibility index (Phi) is 4.29. The first-order valence-corrected chi connectivity index (χ1v) is 8.57. The second-order valence-corrected chi connectivity index (χ2v) is 6.32. The number of carbonyl (C=O) groups excluding carboxylic acids is 1. The molecule has 0 bridgehead atoms. The third-order valence-electron chi connectivity index (χ3n) is 4.34. The molecule has 0 atom stereocenters. The van der Waals surface area contributed by atoms with Crippen LogP contribution in [0.15, 0.2) is 48.7 Å². The van der Waals surface area contributed by atoms with Gasteiger partial charge in [-0.1, -0.05) is 23.7 Å². The Morgan fingerprint density at radius 2 is 2.04 bits per heavy atom. The lowest BCUT2D eigenvalue weighted by Gasteiger charge is -2.13. The Morgan fingerprint density at radius 3 is 2.85 bits per heavy atom. The number of fused-ring (bicyclic) bond motifs is 1. The summed E-state index contributed by atoms with van der Waals surface area (Å²) in [6, 6.07) is 12.8. The van der Waals surface area contributed by atoms with Crippen LogP contribution in [0.1, 0.15) is 10.4 Å². The molecular formula is C19H16ClN5O2. The van der Waals surface area contributed by atoms with Gasteiger partial charge in [-0.25, -0.2) is 4.98 Å². The molecule has 2 N–H and O–H groups in total. The molecule has 0 unspecified atom stereocenters. The Bertz CT molecular complexity index is 1130. The molecule has 0 saturated heterocycles. The van der Waals surface area contributed by atoms with Gasteiger partial charge in [0.25, 0.3) is 5.91 Å². The summed E-state index contributed by atoms with van der Waals surface area (Å²) in [6.45, 7) is 0. The molecule has 3 aromatic heterocycles. The van der Waals surface area contributed by atoms with E-state index in [1.54, 1.807) is 38.6 Å². The van der Waals surface area contributed by atoms with E-state index in [1.807, 2.05) is 24.3 Å². The van der Waals surface area contributed by atoms with Gasteiger partial charge < -0.3 is 9.72 Å². The zero-order valence-corrected chi connectivity index (χ0v) is 15.4. The van der Waals surface area contributed by atoms with Crippen molar-refractivity contribution in [2.45, 2.75) is 0 Å². The molecule has 0 fully saturated rings. The highest BCUT2D eigenvalue weighted by Crippen LogP contribution is 2.30. The summed E-state index contributed by atoms with van der Waals surface area (Å²) in [7, 11) is 3.29. The van der Waals surface area contributed by atoms with Crippen molar-refractivity contribution < 1.29 is 9.53 Å². The Morgan fingerprint density at radius 1 is 1.22 bits per heavy atom. The van der Waals surface area contributed by atoms with E-state index >= 15 is 0 Å². The van der Waals surface area contributed by atoms with Crippen LogP contribution >= 0.6 is 11.6 Å². The Hall–Kier alpha value is -3.32. The lowest BCUT2D eigenvalue weighted by molar-refractivity contribution is 0.0994. The van der Waals surface area contributed by atoms with Gasteiger partial charge in [-0.2, -0.15) is 5.10 Å². The summed E-state index contributed by atoms with van der Waals surface area (Å²) in [5.74, 6) is 1.02. The average Bonchev–Trinajstić information content (AvgIpc) is 3.33. The van der Waals surface area contributed by atoms with Gasteiger partial charge in [-0.3, -0.25) is 14.8 Å². The number of aromatic nitrogens is 4. The molecule has 8 heteroatoms. The van der Waals surface area contributed by atoms with Gasteiger partial charge in [0.05, 0.1) is 18.4 Å². The third kappa shape index (κ3) is 3.02. The standard InChI is InChI=1S/C19H16ClN5O2/c1-25(19(26)13-10-21-18-11(13)7-8-16(20)22-18)17-9-14(23-24-17)12-5-3-4-6-15(12)27-2/h3-10H,1-2H3,(H,21,22)(H,23,24). The predicted octanol–water partition coefficient (Wildman–Crippen LogP) is 3.89. The molecule has 0 aliphatic rings. The molecule has 3 heterocycles. The molecule has 1 amide bonds. The maximum absolute atomic E-state index is 12.9. The lowest BCUT2D eigenvalue weighted by Crippen LogP contribution is -2.26. The van der Waals surface area contributed by atoms with E-state index in [0.717, 1.165) is 17.0 Å². The largest absolute Gasteiger partial charge is 0.496 e. The molecule has 0 saturated carbocycles. The minimum atomic E-state index is -0.205. The maximum Gasteiger partial charge on any atom is 0.261 e. The van der Waals surface area contributed by atoms with Crippen LogP contribution in [0.2, 0.25) is 5.15 Å². The third-order valence-corrected chi connectivity index (χ3v) is 4.56. The number of aromatic amines is 2. The second kappa shape index (κ2) is 6.77. The van der Waals surface area contributed by atoms with Crippen molar-refractivity contribution in [2.75, 3.05) is 19.1 Å². The van der Waals surface area contributed by atoms with Crippen molar-refractivity contribution in [1.29, 1.82) is 0 Å². The summed E-state index contributed by atoms with van der Waals surface area (Å²) in [5.41, 5.74) is 2.69. The first-order chi connectivity index (χ1) is 13.1. The van der Waals surface area contributed by atoms with Crippen LogP contribution in [-0.4, -0.2) is 40.2 Å². The van der Waals surface area contributed by atoms with Crippen LogP contribution < -0.4 is 9.64 Å². The highest BCUT2D eigenvalue weighted by molar-refractivity contribution is 6.30. The van der Waals surface area contributed by atoms with Crippen LogP contribution in [-0.2, 0) is 0 Å². The van der Waals surface area contributed by atoms with E-state index < -0.39 is 0 Å². The number of methoxy groups -OCH3 is 1. The number of nitrogens with zero attached hydrogens (tertiary/aromatic N) is 3. The molecule has 0 spiro atoms. The monoisotopic (exact) mass is 381 g/mol. The molecule has 0 aliphatic carbocycles. The smallest absolute Gasteiger partial charge is 0.261 e. The number of hydrogen-bond donors (Lipinski definition) is 2.